The van der Waals surface area contributed by atoms with E-state index < -0.39 is 4.92 Å². The smallest absolute Gasteiger partial charge is 0.276 e. The van der Waals surface area contributed by atoms with Gasteiger partial charge in [-0.25, -0.2) is 0 Å². The highest BCUT2D eigenvalue weighted by Crippen LogP contribution is 2.25. The van der Waals surface area contributed by atoms with Crippen molar-refractivity contribution >= 4 is 29.3 Å². The van der Waals surface area contributed by atoms with E-state index in [4.69, 9.17) is 0 Å². The molecule has 0 aliphatic carbocycles. The summed E-state index contributed by atoms with van der Waals surface area (Å²) >= 11 is 0. The lowest BCUT2D eigenvalue weighted by molar-refractivity contribution is -0.385. The first-order chi connectivity index (χ1) is 16.8. The predicted octanol–water partition coefficient (Wildman–Crippen LogP) is 3.81. The number of hydrogen-bond donors (Lipinski definition) is 0. The number of piperidine rings is 1. The van der Waals surface area contributed by atoms with Gasteiger partial charge in [0.1, 0.15) is 0 Å². The minimum Gasteiger partial charge on any atom is -0.368 e. The van der Waals surface area contributed by atoms with Gasteiger partial charge in [0.25, 0.3) is 5.69 Å². The van der Waals surface area contributed by atoms with Crippen molar-refractivity contribution in [3.63, 3.8) is 0 Å². The van der Waals surface area contributed by atoms with E-state index in [1.54, 1.807) is 23.1 Å². The van der Waals surface area contributed by atoms with E-state index in [1.165, 1.54) is 35.0 Å². The summed E-state index contributed by atoms with van der Waals surface area (Å²) < 4.78 is 0. The molecular formula is C27H32N4O4. The number of nitro groups is 1. The highest BCUT2D eigenvalue weighted by atomic mass is 16.6. The quantitative estimate of drug-likeness (QED) is 0.372. The Morgan fingerprint density at radius 2 is 1.74 bits per heavy atom. The summed E-state index contributed by atoms with van der Waals surface area (Å²) in [5.41, 5.74) is 4.07. The van der Waals surface area contributed by atoms with Gasteiger partial charge in [-0.3, -0.25) is 19.7 Å². The lowest BCUT2D eigenvalue weighted by atomic mass is 9.96. The van der Waals surface area contributed by atoms with Crippen LogP contribution in [0.15, 0.2) is 48.5 Å². The molecule has 0 bridgehead atoms. The summed E-state index contributed by atoms with van der Waals surface area (Å²) in [6.07, 6.45) is 4.40. The zero-order chi connectivity index (χ0) is 24.9. The summed E-state index contributed by atoms with van der Waals surface area (Å²) in [4.78, 5) is 42.7. The van der Waals surface area contributed by atoms with Crippen molar-refractivity contribution in [3.05, 3.63) is 75.3 Å². The van der Waals surface area contributed by atoms with E-state index in [9.17, 15) is 19.7 Å². The van der Waals surface area contributed by atoms with Crippen LogP contribution >= 0.6 is 0 Å². The van der Waals surface area contributed by atoms with Crippen molar-refractivity contribution in [1.82, 2.24) is 9.80 Å². The first kappa shape index (κ1) is 24.4. The number of amides is 2. The molecule has 2 saturated heterocycles. The third-order valence-corrected chi connectivity index (χ3v) is 6.91. The van der Waals surface area contributed by atoms with Crippen molar-refractivity contribution < 1.29 is 14.5 Å². The molecule has 2 heterocycles. The van der Waals surface area contributed by atoms with Gasteiger partial charge in [-0.1, -0.05) is 29.8 Å². The largest absolute Gasteiger partial charge is 0.368 e. The summed E-state index contributed by atoms with van der Waals surface area (Å²) in [6.45, 7) is 8.13. The maximum Gasteiger partial charge on any atom is 0.276 e. The third-order valence-electron chi connectivity index (χ3n) is 6.91. The fourth-order valence-electron chi connectivity index (χ4n) is 5.03. The Labute approximate surface area is 206 Å². The van der Waals surface area contributed by atoms with Crippen LogP contribution in [0, 0.1) is 29.9 Å². The molecular weight excluding hydrogens is 444 g/mol. The zero-order valence-corrected chi connectivity index (χ0v) is 20.4. The van der Waals surface area contributed by atoms with Gasteiger partial charge in [0.2, 0.25) is 11.8 Å². The van der Waals surface area contributed by atoms with Gasteiger partial charge in [0, 0.05) is 57.1 Å². The maximum atomic E-state index is 13.3. The summed E-state index contributed by atoms with van der Waals surface area (Å²) in [5, 5.41) is 11.2. The van der Waals surface area contributed by atoms with Crippen LogP contribution < -0.4 is 4.90 Å². The van der Waals surface area contributed by atoms with E-state index in [2.05, 4.69) is 36.9 Å². The second-order valence-electron chi connectivity index (χ2n) is 9.37. The minimum absolute atomic E-state index is 0.0387. The van der Waals surface area contributed by atoms with Gasteiger partial charge in [-0.2, -0.15) is 0 Å². The molecule has 0 N–H and O–H groups in total. The topological polar surface area (TPSA) is 87.0 Å². The molecule has 2 aliphatic rings. The van der Waals surface area contributed by atoms with Gasteiger partial charge in [0.05, 0.1) is 16.4 Å². The second kappa shape index (κ2) is 10.7. The minimum atomic E-state index is -0.459. The number of benzene rings is 2. The van der Waals surface area contributed by atoms with Gasteiger partial charge in [-0.15, -0.1) is 0 Å². The van der Waals surface area contributed by atoms with E-state index in [1.807, 2.05) is 4.90 Å². The Morgan fingerprint density at radius 1 is 1.00 bits per heavy atom. The number of para-hydroxylation sites is 1. The van der Waals surface area contributed by atoms with Crippen LogP contribution in [-0.2, 0) is 9.59 Å². The number of hydrogen-bond acceptors (Lipinski definition) is 5. The van der Waals surface area contributed by atoms with E-state index >= 15 is 0 Å². The maximum absolute atomic E-state index is 13.3. The normalized spacial score (nSPS) is 18.7. The van der Waals surface area contributed by atoms with E-state index in [0.717, 1.165) is 25.9 Å². The molecule has 1 unspecified atom stereocenters. The van der Waals surface area contributed by atoms with Gasteiger partial charge in [0.15, 0.2) is 0 Å². The van der Waals surface area contributed by atoms with Crippen LogP contribution in [0.25, 0.3) is 6.08 Å². The van der Waals surface area contributed by atoms with Crippen LogP contribution in [0.3, 0.4) is 0 Å². The molecule has 0 radical (unpaired) electrons. The fourth-order valence-corrected chi connectivity index (χ4v) is 5.03. The van der Waals surface area contributed by atoms with Gasteiger partial charge >= 0.3 is 0 Å². The molecule has 0 aromatic heterocycles. The van der Waals surface area contributed by atoms with Crippen LogP contribution in [0.2, 0.25) is 0 Å². The van der Waals surface area contributed by atoms with E-state index in [0.29, 0.717) is 31.7 Å². The van der Waals surface area contributed by atoms with Crippen LogP contribution in [-0.4, -0.2) is 65.8 Å². The highest BCUT2D eigenvalue weighted by Gasteiger charge is 2.32. The number of anilines is 1. The summed E-state index contributed by atoms with van der Waals surface area (Å²) in [5.74, 6) is -0.314. The first-order valence-corrected chi connectivity index (χ1v) is 12.1. The van der Waals surface area contributed by atoms with Crippen LogP contribution in [0.1, 0.15) is 29.5 Å². The number of piperazine rings is 1. The zero-order valence-electron chi connectivity index (χ0n) is 20.4. The molecule has 2 fully saturated rings. The molecule has 35 heavy (non-hydrogen) atoms. The monoisotopic (exact) mass is 476 g/mol. The van der Waals surface area contributed by atoms with E-state index in [-0.39, 0.29) is 23.4 Å². The third kappa shape index (κ3) is 5.70. The molecule has 2 aromatic rings. The molecule has 2 aromatic carbocycles. The molecule has 2 amide bonds. The average molecular weight is 477 g/mol. The molecule has 2 aliphatic heterocycles. The Hall–Kier alpha value is -3.68. The molecule has 0 saturated carbocycles. The van der Waals surface area contributed by atoms with Crippen molar-refractivity contribution in [1.29, 1.82) is 0 Å². The Balaban J connectivity index is 1.34. The average Bonchev–Trinajstić information content (AvgIpc) is 2.87. The highest BCUT2D eigenvalue weighted by molar-refractivity contribution is 5.93. The number of carbonyl (C=O) groups excluding carboxylic acids is 2. The number of carbonyl (C=O) groups is 2. The molecule has 4 rings (SSSR count). The van der Waals surface area contributed by atoms with Crippen molar-refractivity contribution in [2.24, 2.45) is 5.92 Å². The Morgan fingerprint density at radius 3 is 2.46 bits per heavy atom. The van der Waals surface area contributed by atoms with Crippen LogP contribution in [0.4, 0.5) is 11.4 Å². The second-order valence-corrected chi connectivity index (χ2v) is 9.37. The summed E-state index contributed by atoms with van der Waals surface area (Å²) in [7, 11) is 0. The molecule has 8 heteroatoms. The molecule has 8 nitrogen and oxygen atoms in total. The molecule has 1 atom stereocenters. The van der Waals surface area contributed by atoms with Gasteiger partial charge < -0.3 is 14.7 Å². The summed E-state index contributed by atoms with van der Waals surface area (Å²) in [6, 6.07) is 12.8. The number of nitrogens with zero attached hydrogens (tertiary/aromatic N) is 4. The lowest BCUT2D eigenvalue weighted by Crippen LogP contribution is -2.53. The van der Waals surface area contributed by atoms with Crippen molar-refractivity contribution in [2.75, 3.05) is 44.2 Å². The van der Waals surface area contributed by atoms with Gasteiger partial charge in [-0.05, 0) is 50.5 Å². The number of aryl methyl sites for hydroxylation is 2. The predicted molar refractivity (Wildman–Crippen MR) is 136 cm³/mol. The fraction of sp³-hybridized carbons (Fsp3) is 0.407. The Bertz CT molecular complexity index is 1140. The van der Waals surface area contributed by atoms with Crippen molar-refractivity contribution in [3.8, 4) is 0 Å². The Kier molecular flexibility index (Phi) is 7.48. The number of likely N-dealkylation sites (tertiary alicyclic amines) is 1. The standard InChI is InChI=1S/C27H32N4O4/c1-20-9-11-24(21(2)18-20)28-14-16-29(17-15-28)27(33)23-7-5-13-30(19-23)26(32)12-10-22-6-3-4-8-25(22)31(34)35/h3-4,6,8-12,18,23H,5,7,13-17,19H2,1-2H3/b12-10+. The number of nitro benzene ring substituents is 1. The SMILES string of the molecule is Cc1ccc(N2CCN(C(=O)C3CCCN(C(=O)/C=C/c4ccccc4[N+](=O)[O-])C3)CC2)c(C)c1. The van der Waals surface area contributed by atoms with Crippen LogP contribution in [0.5, 0.6) is 0 Å². The molecule has 184 valence electrons. The lowest BCUT2D eigenvalue weighted by Gasteiger charge is -2.40. The van der Waals surface area contributed by atoms with Crippen molar-refractivity contribution in [2.45, 2.75) is 26.7 Å². The molecule has 0 spiro atoms. The number of rotatable bonds is 5. The first-order valence-electron chi connectivity index (χ1n) is 12.1.